The van der Waals surface area contributed by atoms with Gasteiger partial charge in [-0.25, -0.2) is 0 Å². The molecule has 2 N–H and O–H groups in total. The molecule has 1 atom stereocenters. The van der Waals surface area contributed by atoms with Crippen molar-refractivity contribution < 1.29 is 9.72 Å². The predicted octanol–water partition coefficient (Wildman–Crippen LogP) is 3.13. The second kappa shape index (κ2) is 5.85. The summed E-state index contributed by atoms with van der Waals surface area (Å²) in [6.07, 6.45) is 0.578. The van der Waals surface area contributed by atoms with Crippen molar-refractivity contribution in [2.24, 2.45) is 0 Å². The third-order valence-corrected chi connectivity index (χ3v) is 3.76. The van der Waals surface area contributed by atoms with E-state index in [1.165, 1.54) is 6.07 Å². The van der Waals surface area contributed by atoms with Crippen LogP contribution in [0.4, 0.5) is 17.1 Å². The number of rotatable bonds is 5. The summed E-state index contributed by atoms with van der Waals surface area (Å²) in [5.74, 6) is -0.239. The molecule has 1 heterocycles. The summed E-state index contributed by atoms with van der Waals surface area (Å²) in [4.78, 5) is 22.5. The molecule has 1 amide bonds. The van der Waals surface area contributed by atoms with Crippen molar-refractivity contribution >= 4 is 23.0 Å². The monoisotopic (exact) mass is 297 g/mol. The molecule has 112 valence electrons. The fourth-order valence-corrected chi connectivity index (χ4v) is 2.70. The fourth-order valence-electron chi connectivity index (χ4n) is 2.70. The highest BCUT2D eigenvalue weighted by atomic mass is 16.6. The Morgan fingerprint density at radius 2 is 1.86 bits per heavy atom. The molecule has 0 aromatic heterocycles. The molecule has 6 heteroatoms. The van der Waals surface area contributed by atoms with Gasteiger partial charge in [0.25, 0.3) is 5.69 Å². The normalized spacial score (nSPS) is 16.0. The predicted molar refractivity (Wildman–Crippen MR) is 84.0 cm³/mol. The summed E-state index contributed by atoms with van der Waals surface area (Å²) >= 11 is 0. The van der Waals surface area contributed by atoms with Gasteiger partial charge in [-0.3, -0.25) is 14.9 Å². The van der Waals surface area contributed by atoms with E-state index in [9.17, 15) is 14.9 Å². The van der Waals surface area contributed by atoms with E-state index in [1.807, 2.05) is 24.3 Å². The summed E-state index contributed by atoms with van der Waals surface area (Å²) < 4.78 is 0. The number of carbonyl (C=O) groups is 1. The van der Waals surface area contributed by atoms with Crippen LogP contribution in [0.5, 0.6) is 0 Å². The second-order valence-electron chi connectivity index (χ2n) is 5.12. The van der Waals surface area contributed by atoms with Crippen molar-refractivity contribution in [3.8, 4) is 0 Å². The van der Waals surface area contributed by atoms with Crippen molar-refractivity contribution in [1.82, 2.24) is 0 Å². The highest BCUT2D eigenvalue weighted by Gasteiger charge is 2.29. The Labute approximate surface area is 127 Å². The molecule has 3 rings (SSSR count). The average molecular weight is 297 g/mol. The maximum Gasteiger partial charge on any atom is 0.292 e. The van der Waals surface area contributed by atoms with Gasteiger partial charge in [0.15, 0.2) is 0 Å². The summed E-state index contributed by atoms with van der Waals surface area (Å²) in [5, 5.41) is 16.9. The van der Waals surface area contributed by atoms with Gasteiger partial charge in [-0.1, -0.05) is 30.3 Å². The Morgan fingerprint density at radius 1 is 1.14 bits per heavy atom. The molecule has 0 aliphatic carbocycles. The molecule has 0 bridgehead atoms. The number of amides is 1. The molecule has 1 aliphatic rings. The molecule has 0 radical (unpaired) electrons. The number of fused-ring (bicyclic) bond motifs is 1. The minimum atomic E-state index is -0.417. The van der Waals surface area contributed by atoms with Gasteiger partial charge in [-0.2, -0.15) is 0 Å². The van der Waals surface area contributed by atoms with Gasteiger partial charge in [0.2, 0.25) is 5.91 Å². The van der Waals surface area contributed by atoms with Gasteiger partial charge in [0.1, 0.15) is 5.69 Å². The quantitative estimate of drug-likeness (QED) is 0.656. The average Bonchev–Trinajstić information content (AvgIpc) is 2.83. The molecule has 0 spiro atoms. The number of hydrogen-bond acceptors (Lipinski definition) is 4. The lowest BCUT2D eigenvalue weighted by Gasteiger charge is -2.11. The van der Waals surface area contributed by atoms with Crippen LogP contribution in [0.1, 0.15) is 17.9 Å². The zero-order chi connectivity index (χ0) is 15.5. The maximum absolute atomic E-state index is 12.0. The Bertz CT molecular complexity index is 730. The van der Waals surface area contributed by atoms with Gasteiger partial charge in [0.05, 0.1) is 10.8 Å². The minimum absolute atomic E-state index is 0.0226. The molecule has 0 unspecified atom stereocenters. The SMILES string of the molecule is O=C1Nc2ccccc2[C@H]1CCNc1ccccc1[N+](=O)[O-]. The van der Waals surface area contributed by atoms with Gasteiger partial charge in [-0.15, -0.1) is 0 Å². The van der Waals surface area contributed by atoms with Crippen molar-refractivity contribution in [3.05, 3.63) is 64.2 Å². The maximum atomic E-state index is 12.0. The molecular formula is C16H15N3O3. The van der Waals surface area contributed by atoms with E-state index in [2.05, 4.69) is 10.6 Å². The summed E-state index contributed by atoms with van der Waals surface area (Å²) in [5.41, 5.74) is 2.35. The lowest BCUT2D eigenvalue weighted by molar-refractivity contribution is -0.384. The lowest BCUT2D eigenvalue weighted by Crippen LogP contribution is -2.16. The van der Waals surface area contributed by atoms with E-state index in [1.54, 1.807) is 18.2 Å². The molecule has 2 aromatic carbocycles. The Morgan fingerprint density at radius 3 is 2.68 bits per heavy atom. The number of nitro groups is 1. The van der Waals surface area contributed by atoms with Gasteiger partial charge in [0, 0.05) is 18.3 Å². The Balaban J connectivity index is 1.67. The summed E-state index contributed by atoms with van der Waals surface area (Å²) in [6, 6.07) is 14.1. The third kappa shape index (κ3) is 2.63. The smallest absolute Gasteiger partial charge is 0.292 e. The number of benzene rings is 2. The molecule has 1 aliphatic heterocycles. The fraction of sp³-hybridized carbons (Fsp3) is 0.188. The topological polar surface area (TPSA) is 84.3 Å². The van der Waals surface area contributed by atoms with Crippen LogP contribution < -0.4 is 10.6 Å². The van der Waals surface area contributed by atoms with E-state index >= 15 is 0 Å². The number of anilines is 2. The highest BCUT2D eigenvalue weighted by Crippen LogP contribution is 2.34. The molecular weight excluding hydrogens is 282 g/mol. The van der Waals surface area contributed by atoms with Crippen LogP contribution in [-0.2, 0) is 4.79 Å². The van der Waals surface area contributed by atoms with Crippen molar-refractivity contribution in [1.29, 1.82) is 0 Å². The van der Waals surface area contributed by atoms with Crippen LogP contribution in [0, 0.1) is 10.1 Å². The van der Waals surface area contributed by atoms with E-state index in [4.69, 9.17) is 0 Å². The van der Waals surface area contributed by atoms with Gasteiger partial charge < -0.3 is 10.6 Å². The highest BCUT2D eigenvalue weighted by molar-refractivity contribution is 6.02. The van der Waals surface area contributed by atoms with Crippen LogP contribution in [-0.4, -0.2) is 17.4 Å². The number of nitro benzene ring substituents is 1. The molecule has 0 saturated carbocycles. The van der Waals surface area contributed by atoms with E-state index in [0.29, 0.717) is 18.7 Å². The zero-order valence-electron chi connectivity index (χ0n) is 11.8. The number of nitrogens with one attached hydrogen (secondary N) is 2. The standard InChI is InChI=1S/C16H15N3O3/c20-16-12(11-5-1-2-6-13(11)18-16)9-10-17-14-7-3-4-8-15(14)19(21)22/h1-8,12,17H,9-10H2,(H,18,20)/t12-/m1/s1. The van der Waals surface area contributed by atoms with Crippen LogP contribution in [0.25, 0.3) is 0 Å². The molecule has 0 fully saturated rings. The van der Waals surface area contributed by atoms with Crippen molar-refractivity contribution in [2.75, 3.05) is 17.2 Å². The first-order valence-electron chi connectivity index (χ1n) is 7.04. The van der Waals surface area contributed by atoms with Crippen LogP contribution in [0.3, 0.4) is 0 Å². The second-order valence-corrected chi connectivity index (χ2v) is 5.12. The van der Waals surface area contributed by atoms with E-state index in [0.717, 1.165) is 11.3 Å². The van der Waals surface area contributed by atoms with Gasteiger partial charge >= 0.3 is 0 Å². The van der Waals surface area contributed by atoms with Crippen LogP contribution in [0.2, 0.25) is 0 Å². The Hall–Kier alpha value is -2.89. The first kappa shape index (κ1) is 14.1. The number of para-hydroxylation sites is 3. The summed E-state index contributed by atoms with van der Waals surface area (Å²) in [6.45, 7) is 0.483. The van der Waals surface area contributed by atoms with Crippen LogP contribution in [0.15, 0.2) is 48.5 Å². The molecule has 0 saturated heterocycles. The number of carbonyl (C=O) groups excluding carboxylic acids is 1. The lowest BCUT2D eigenvalue weighted by atomic mass is 9.97. The van der Waals surface area contributed by atoms with E-state index in [-0.39, 0.29) is 17.5 Å². The molecule has 22 heavy (non-hydrogen) atoms. The Kier molecular flexibility index (Phi) is 3.74. The third-order valence-electron chi connectivity index (χ3n) is 3.76. The van der Waals surface area contributed by atoms with E-state index < -0.39 is 4.92 Å². The molecule has 6 nitrogen and oxygen atoms in total. The first-order chi connectivity index (χ1) is 10.7. The number of nitrogens with zero attached hydrogens (tertiary/aromatic N) is 1. The molecule has 2 aromatic rings. The van der Waals surface area contributed by atoms with Crippen LogP contribution >= 0.6 is 0 Å². The largest absolute Gasteiger partial charge is 0.379 e. The number of hydrogen-bond donors (Lipinski definition) is 2. The van der Waals surface area contributed by atoms with Gasteiger partial charge in [-0.05, 0) is 24.1 Å². The van der Waals surface area contributed by atoms with Crippen molar-refractivity contribution in [3.63, 3.8) is 0 Å². The zero-order valence-corrected chi connectivity index (χ0v) is 11.8. The van der Waals surface area contributed by atoms with Crippen molar-refractivity contribution in [2.45, 2.75) is 12.3 Å². The first-order valence-corrected chi connectivity index (χ1v) is 7.04. The minimum Gasteiger partial charge on any atom is -0.379 e. The summed E-state index contributed by atoms with van der Waals surface area (Å²) in [7, 11) is 0.